The Morgan fingerprint density at radius 2 is 1.65 bits per heavy atom. The van der Waals surface area contributed by atoms with Gasteiger partial charge in [-0.05, 0) is 43.7 Å². The van der Waals surface area contributed by atoms with Gasteiger partial charge in [-0.2, -0.15) is 0 Å². The van der Waals surface area contributed by atoms with Crippen molar-refractivity contribution in [1.29, 1.82) is 5.41 Å². The largest absolute Gasteiger partial charge is 0.384 e. The fourth-order valence-electron chi connectivity index (χ4n) is 2.18. The highest BCUT2D eigenvalue weighted by Crippen LogP contribution is 2.20. The van der Waals surface area contributed by atoms with E-state index in [4.69, 9.17) is 11.1 Å². The van der Waals surface area contributed by atoms with E-state index in [0.717, 1.165) is 17.8 Å². The normalized spacial score (nSPS) is 10.6. The third-order valence-electron chi connectivity index (χ3n) is 3.33. The molecule has 0 unspecified atom stereocenters. The first-order valence-corrected chi connectivity index (χ1v) is 6.83. The summed E-state index contributed by atoms with van der Waals surface area (Å²) in [6.07, 6.45) is 0. The minimum Gasteiger partial charge on any atom is -0.384 e. The molecular weight excluding hydrogens is 246 g/mol. The Bertz CT molecular complexity index is 559. The van der Waals surface area contributed by atoms with Gasteiger partial charge in [0.15, 0.2) is 0 Å². The zero-order valence-corrected chi connectivity index (χ0v) is 12.0. The first-order valence-electron chi connectivity index (χ1n) is 6.83. The van der Waals surface area contributed by atoms with Crippen LogP contribution >= 0.6 is 0 Å². The predicted octanol–water partition coefficient (Wildman–Crippen LogP) is 3.39. The van der Waals surface area contributed by atoms with Crippen LogP contribution in [0.4, 0.5) is 5.69 Å². The molecular formula is C17H21N3. The summed E-state index contributed by atoms with van der Waals surface area (Å²) in [6.45, 7) is 5.24. The molecule has 0 fully saturated rings. The van der Waals surface area contributed by atoms with Gasteiger partial charge in [-0.15, -0.1) is 0 Å². The van der Waals surface area contributed by atoms with E-state index in [2.05, 4.69) is 43.0 Å². The van der Waals surface area contributed by atoms with Gasteiger partial charge in [0.2, 0.25) is 0 Å². The molecule has 0 spiro atoms. The maximum atomic E-state index is 7.44. The molecule has 0 atom stereocenters. The average Bonchev–Trinajstić information content (AvgIpc) is 2.45. The molecule has 0 saturated carbocycles. The van der Waals surface area contributed by atoms with E-state index >= 15 is 0 Å². The first kappa shape index (κ1) is 14.1. The number of benzene rings is 2. The number of rotatable bonds is 5. The van der Waals surface area contributed by atoms with Gasteiger partial charge in [0.1, 0.15) is 5.84 Å². The zero-order chi connectivity index (χ0) is 14.5. The van der Waals surface area contributed by atoms with Gasteiger partial charge in [-0.3, -0.25) is 5.41 Å². The van der Waals surface area contributed by atoms with Crippen molar-refractivity contribution in [3.8, 4) is 0 Å². The van der Waals surface area contributed by atoms with E-state index in [1.807, 2.05) is 30.3 Å². The highest BCUT2D eigenvalue weighted by atomic mass is 15.1. The lowest BCUT2D eigenvalue weighted by Crippen LogP contribution is -2.30. The zero-order valence-electron chi connectivity index (χ0n) is 12.0. The minimum absolute atomic E-state index is 0.107. The summed E-state index contributed by atoms with van der Waals surface area (Å²) >= 11 is 0. The number of nitrogens with two attached hydrogens (primary N) is 1. The molecule has 2 rings (SSSR count). The molecule has 2 aromatic rings. The Labute approximate surface area is 120 Å². The number of nitrogen functional groups attached to an aromatic ring is 1. The van der Waals surface area contributed by atoms with Crippen molar-refractivity contribution < 1.29 is 0 Å². The topological polar surface area (TPSA) is 53.1 Å². The van der Waals surface area contributed by atoms with Crippen molar-refractivity contribution in [3.63, 3.8) is 0 Å². The Kier molecular flexibility index (Phi) is 4.41. The summed E-state index contributed by atoms with van der Waals surface area (Å²) in [5.74, 6) is 0.107. The molecule has 3 nitrogen and oxygen atoms in total. The smallest absolute Gasteiger partial charge is 0.122 e. The quantitative estimate of drug-likeness (QED) is 0.644. The van der Waals surface area contributed by atoms with Crippen molar-refractivity contribution >= 4 is 11.5 Å². The molecule has 0 aromatic heterocycles. The molecule has 0 heterocycles. The summed E-state index contributed by atoms with van der Waals surface area (Å²) in [5.41, 5.74) is 8.69. The monoisotopic (exact) mass is 267 g/mol. The first-order chi connectivity index (χ1) is 9.58. The standard InChI is InChI=1S/C17H21N3/c1-13(2)20(12-14-6-4-3-5-7-14)16-10-8-15(9-11-16)17(18)19/h3-11,13H,12H2,1-2H3,(H3,18,19). The maximum absolute atomic E-state index is 7.44. The molecule has 104 valence electrons. The van der Waals surface area contributed by atoms with Crippen LogP contribution in [0.15, 0.2) is 54.6 Å². The Hall–Kier alpha value is -2.29. The van der Waals surface area contributed by atoms with Crippen LogP contribution in [0.2, 0.25) is 0 Å². The van der Waals surface area contributed by atoms with Crippen molar-refractivity contribution in [2.24, 2.45) is 5.73 Å². The number of nitrogens with one attached hydrogen (secondary N) is 1. The molecule has 0 saturated heterocycles. The van der Waals surface area contributed by atoms with Crippen LogP contribution in [-0.4, -0.2) is 11.9 Å². The van der Waals surface area contributed by atoms with Gasteiger partial charge in [0, 0.05) is 23.8 Å². The molecule has 0 aliphatic rings. The molecule has 0 radical (unpaired) electrons. The lowest BCUT2D eigenvalue weighted by Gasteiger charge is -2.29. The second kappa shape index (κ2) is 6.24. The van der Waals surface area contributed by atoms with E-state index in [0.29, 0.717) is 6.04 Å². The summed E-state index contributed by atoms with van der Waals surface area (Å²) in [7, 11) is 0. The van der Waals surface area contributed by atoms with Crippen molar-refractivity contribution in [2.75, 3.05) is 4.90 Å². The van der Waals surface area contributed by atoms with Gasteiger partial charge >= 0.3 is 0 Å². The second-order valence-corrected chi connectivity index (χ2v) is 5.17. The molecule has 3 N–H and O–H groups in total. The Balaban J connectivity index is 2.22. The summed E-state index contributed by atoms with van der Waals surface area (Å²) in [6, 6.07) is 18.7. The molecule has 20 heavy (non-hydrogen) atoms. The van der Waals surface area contributed by atoms with Crippen LogP contribution in [0.25, 0.3) is 0 Å². The number of anilines is 1. The van der Waals surface area contributed by atoms with Crippen LogP contribution in [0, 0.1) is 5.41 Å². The summed E-state index contributed by atoms with van der Waals surface area (Å²) < 4.78 is 0. The minimum atomic E-state index is 0.107. The molecule has 0 bridgehead atoms. The van der Waals surface area contributed by atoms with E-state index in [9.17, 15) is 0 Å². The van der Waals surface area contributed by atoms with Crippen LogP contribution in [0.1, 0.15) is 25.0 Å². The van der Waals surface area contributed by atoms with Gasteiger partial charge in [0.05, 0.1) is 0 Å². The molecule has 0 aliphatic carbocycles. The number of nitrogens with zero attached hydrogens (tertiary/aromatic N) is 1. The average molecular weight is 267 g/mol. The highest BCUT2D eigenvalue weighted by Gasteiger charge is 2.11. The van der Waals surface area contributed by atoms with Gasteiger partial charge in [0.25, 0.3) is 0 Å². The van der Waals surface area contributed by atoms with Gasteiger partial charge in [-0.25, -0.2) is 0 Å². The summed E-state index contributed by atoms with van der Waals surface area (Å²) in [5, 5.41) is 7.44. The molecule has 0 aliphatic heterocycles. The van der Waals surface area contributed by atoms with E-state index in [1.54, 1.807) is 0 Å². The summed E-state index contributed by atoms with van der Waals surface area (Å²) in [4.78, 5) is 2.33. The third-order valence-corrected chi connectivity index (χ3v) is 3.33. The second-order valence-electron chi connectivity index (χ2n) is 5.17. The van der Waals surface area contributed by atoms with E-state index < -0.39 is 0 Å². The SMILES string of the molecule is CC(C)N(Cc1ccccc1)c1ccc(C(=N)N)cc1. The number of amidine groups is 1. The van der Waals surface area contributed by atoms with Crippen LogP contribution in [0.5, 0.6) is 0 Å². The molecule has 0 amide bonds. The maximum Gasteiger partial charge on any atom is 0.122 e. The third kappa shape index (κ3) is 3.38. The number of hydrogen-bond donors (Lipinski definition) is 2. The lowest BCUT2D eigenvalue weighted by molar-refractivity contribution is 0.682. The lowest BCUT2D eigenvalue weighted by atomic mass is 10.1. The van der Waals surface area contributed by atoms with Crippen molar-refractivity contribution in [3.05, 3.63) is 65.7 Å². The van der Waals surface area contributed by atoms with E-state index in [-0.39, 0.29) is 5.84 Å². The predicted molar refractivity (Wildman–Crippen MR) is 85.2 cm³/mol. The molecule has 3 heteroatoms. The van der Waals surface area contributed by atoms with Crippen LogP contribution < -0.4 is 10.6 Å². The van der Waals surface area contributed by atoms with Gasteiger partial charge < -0.3 is 10.6 Å². The van der Waals surface area contributed by atoms with Crippen LogP contribution in [0.3, 0.4) is 0 Å². The Morgan fingerprint density at radius 3 is 2.15 bits per heavy atom. The van der Waals surface area contributed by atoms with Gasteiger partial charge in [-0.1, -0.05) is 30.3 Å². The Morgan fingerprint density at radius 1 is 1.05 bits per heavy atom. The fourth-order valence-corrected chi connectivity index (χ4v) is 2.18. The number of hydrogen-bond acceptors (Lipinski definition) is 2. The fraction of sp³-hybridized carbons (Fsp3) is 0.235. The van der Waals surface area contributed by atoms with E-state index in [1.165, 1.54) is 5.56 Å². The molecule has 2 aromatic carbocycles. The van der Waals surface area contributed by atoms with Crippen molar-refractivity contribution in [1.82, 2.24) is 0 Å². The highest BCUT2D eigenvalue weighted by molar-refractivity contribution is 5.95. The van der Waals surface area contributed by atoms with Crippen LogP contribution in [-0.2, 0) is 6.54 Å². The van der Waals surface area contributed by atoms with Crippen molar-refractivity contribution in [2.45, 2.75) is 26.4 Å².